The Hall–Kier alpha value is -2.62. The van der Waals surface area contributed by atoms with Crippen molar-refractivity contribution in [2.45, 2.75) is 38.4 Å². The minimum absolute atomic E-state index is 0.176. The van der Waals surface area contributed by atoms with Gasteiger partial charge in [-0.05, 0) is 18.9 Å². The number of benzene rings is 1. The Kier molecular flexibility index (Phi) is 5.33. The zero-order valence-corrected chi connectivity index (χ0v) is 15.4. The van der Waals surface area contributed by atoms with Crippen molar-refractivity contribution < 1.29 is 32.2 Å². The van der Waals surface area contributed by atoms with E-state index in [0.29, 0.717) is 36.7 Å². The lowest BCUT2D eigenvalue weighted by Gasteiger charge is -2.40. The number of rotatable bonds is 5. The van der Waals surface area contributed by atoms with E-state index in [0.717, 1.165) is 0 Å². The number of halogens is 3. The van der Waals surface area contributed by atoms with E-state index in [-0.39, 0.29) is 24.7 Å². The molecule has 0 saturated carbocycles. The Labute approximate surface area is 159 Å². The highest BCUT2D eigenvalue weighted by Gasteiger charge is 2.49. The molecule has 2 atom stereocenters. The van der Waals surface area contributed by atoms with Crippen LogP contribution in [-0.2, 0) is 9.63 Å². The fourth-order valence-electron chi connectivity index (χ4n) is 3.81. The van der Waals surface area contributed by atoms with Crippen LogP contribution in [0.5, 0.6) is 0 Å². The molecule has 2 N–H and O–H groups in total. The monoisotopic (exact) mass is 399 g/mol. The predicted molar refractivity (Wildman–Crippen MR) is 93.8 cm³/mol. The molecule has 1 amide bonds. The van der Waals surface area contributed by atoms with Crippen LogP contribution in [0.4, 0.5) is 13.2 Å². The average Bonchev–Trinajstić information content (AvgIpc) is 3.05. The van der Waals surface area contributed by atoms with E-state index in [1.54, 1.807) is 29.1 Å². The van der Waals surface area contributed by atoms with E-state index in [9.17, 15) is 22.8 Å². The maximum atomic E-state index is 12.7. The number of quaternary nitrogens is 1. The lowest BCUT2D eigenvalue weighted by Crippen LogP contribution is -2.57. The maximum Gasteiger partial charge on any atom is 0.497 e. The van der Waals surface area contributed by atoms with Crippen molar-refractivity contribution in [1.29, 1.82) is 0 Å². The molecule has 0 radical (unpaired) electrons. The van der Waals surface area contributed by atoms with Gasteiger partial charge in [-0.1, -0.05) is 19.1 Å². The molecular formula is C18H22F3N4O3+. The predicted octanol–water partition coefficient (Wildman–Crippen LogP) is 2.72. The van der Waals surface area contributed by atoms with Crippen LogP contribution in [0.15, 0.2) is 24.4 Å². The van der Waals surface area contributed by atoms with Gasteiger partial charge in [0, 0.05) is 18.0 Å². The highest BCUT2D eigenvalue weighted by Crippen LogP contribution is 2.31. The number of nitrogens with zero attached hydrogens (tertiary/aromatic N) is 3. The van der Waals surface area contributed by atoms with Gasteiger partial charge in [-0.2, -0.15) is 18.3 Å². The molecule has 1 aromatic heterocycles. The zero-order chi connectivity index (χ0) is 20.5. The lowest BCUT2D eigenvalue weighted by molar-refractivity contribution is -1.09. The van der Waals surface area contributed by atoms with E-state index in [2.05, 4.69) is 5.10 Å². The summed E-state index contributed by atoms with van der Waals surface area (Å²) in [7, 11) is 0. The second kappa shape index (κ2) is 7.42. The molecule has 2 aromatic rings. The Balaban J connectivity index is 1.91. The van der Waals surface area contributed by atoms with Gasteiger partial charge in [-0.3, -0.25) is 14.3 Å². The van der Waals surface area contributed by atoms with Gasteiger partial charge >= 0.3 is 12.1 Å². The molecule has 3 rings (SSSR count). The first kappa shape index (κ1) is 20.1. The number of hydroxylamine groups is 3. The molecule has 0 bridgehead atoms. The number of carbonyl (C=O) groups excluding carboxylic acids is 2. The Bertz CT molecular complexity index is 892. The summed E-state index contributed by atoms with van der Waals surface area (Å²) in [5.41, 5.74) is 6.12. The number of carbonyl (C=O) groups is 2. The number of fused-ring (bicyclic) bond motifs is 1. The third-order valence-corrected chi connectivity index (χ3v) is 4.98. The Morgan fingerprint density at radius 2 is 2.14 bits per heavy atom. The highest BCUT2D eigenvalue weighted by atomic mass is 19.4. The van der Waals surface area contributed by atoms with Crippen molar-refractivity contribution in [1.82, 2.24) is 9.78 Å². The van der Waals surface area contributed by atoms with Crippen LogP contribution >= 0.6 is 0 Å². The van der Waals surface area contributed by atoms with Crippen molar-refractivity contribution >= 4 is 22.8 Å². The summed E-state index contributed by atoms with van der Waals surface area (Å²) < 4.78 is 39.5. The number of hydrogen-bond acceptors (Lipinski definition) is 4. The van der Waals surface area contributed by atoms with Gasteiger partial charge in [-0.15, -0.1) is 4.65 Å². The van der Waals surface area contributed by atoms with Crippen LogP contribution in [-0.4, -0.2) is 52.1 Å². The Morgan fingerprint density at radius 3 is 2.79 bits per heavy atom. The summed E-state index contributed by atoms with van der Waals surface area (Å²) in [5, 5.41) is 5.17. The normalized spacial score (nSPS) is 22.9. The van der Waals surface area contributed by atoms with Crippen LogP contribution in [0.25, 0.3) is 10.9 Å². The number of primary amides is 1. The first-order valence-electron chi connectivity index (χ1n) is 9.10. The number of aromatic nitrogens is 2. The number of piperidine rings is 1. The molecule has 0 spiro atoms. The van der Waals surface area contributed by atoms with E-state index < -0.39 is 22.7 Å². The van der Waals surface area contributed by atoms with Crippen LogP contribution in [0.2, 0.25) is 0 Å². The van der Waals surface area contributed by atoms with Crippen LogP contribution in [0, 0.1) is 0 Å². The number of nitrogens with two attached hydrogens (primary N) is 1. The van der Waals surface area contributed by atoms with Crippen LogP contribution in [0.1, 0.15) is 42.6 Å². The fraction of sp³-hybridized carbons (Fsp3) is 0.500. The molecule has 152 valence electrons. The van der Waals surface area contributed by atoms with Crippen molar-refractivity contribution in [2.24, 2.45) is 5.73 Å². The van der Waals surface area contributed by atoms with Gasteiger partial charge in [-0.25, -0.2) is 4.79 Å². The van der Waals surface area contributed by atoms with E-state index in [1.807, 2.05) is 6.92 Å². The smallest absolute Gasteiger partial charge is 0.366 e. The molecular weight excluding hydrogens is 377 g/mol. The van der Waals surface area contributed by atoms with Crippen LogP contribution in [0.3, 0.4) is 0 Å². The largest absolute Gasteiger partial charge is 0.497 e. The minimum atomic E-state index is -5.04. The molecule has 1 saturated heterocycles. The molecule has 0 aliphatic carbocycles. The third kappa shape index (κ3) is 3.96. The Morgan fingerprint density at radius 1 is 1.39 bits per heavy atom. The molecule has 2 unspecified atom stereocenters. The maximum absolute atomic E-state index is 12.7. The van der Waals surface area contributed by atoms with Crippen LogP contribution < -0.4 is 5.73 Å². The number of alkyl halides is 3. The van der Waals surface area contributed by atoms with Gasteiger partial charge in [0.2, 0.25) is 0 Å². The first-order valence-corrected chi connectivity index (χ1v) is 9.10. The second-order valence-corrected chi connectivity index (χ2v) is 7.08. The number of hydrogen-bond donors (Lipinski definition) is 1. The van der Waals surface area contributed by atoms with Gasteiger partial charge in [0.05, 0.1) is 5.56 Å². The SMILES string of the molecule is CCC[N+]1(OC(=O)C(F)(F)F)CCCC(n2cc3cccc(C(N)=O)c3n2)C1. The first-order chi connectivity index (χ1) is 13.1. The highest BCUT2D eigenvalue weighted by molar-refractivity contribution is 6.04. The van der Waals surface area contributed by atoms with E-state index in [1.165, 1.54) is 0 Å². The van der Waals surface area contributed by atoms with Gasteiger partial charge in [0.1, 0.15) is 31.2 Å². The fourth-order valence-corrected chi connectivity index (χ4v) is 3.81. The standard InChI is InChI=1S/C18H21F3N4O3/c1-2-8-25(28-17(27)18(19,20)21)9-4-6-13(11-25)24-10-12-5-3-7-14(16(22)26)15(12)23-24/h3,5,7,10,13H,2,4,6,8-9,11H2,1H3,(H-,22,26)/p+1. The second-order valence-electron chi connectivity index (χ2n) is 7.08. The molecule has 1 aliphatic rings. The summed E-state index contributed by atoms with van der Waals surface area (Å²) in [5.74, 6) is -2.78. The van der Waals surface area contributed by atoms with Gasteiger partial charge in [0.25, 0.3) is 5.91 Å². The average molecular weight is 399 g/mol. The molecule has 1 aliphatic heterocycles. The lowest BCUT2D eigenvalue weighted by atomic mass is 10.1. The molecule has 7 nitrogen and oxygen atoms in total. The zero-order valence-electron chi connectivity index (χ0n) is 15.4. The molecule has 2 heterocycles. The third-order valence-electron chi connectivity index (χ3n) is 4.98. The topological polar surface area (TPSA) is 87.2 Å². The summed E-state index contributed by atoms with van der Waals surface area (Å²) in [6, 6.07) is 4.78. The van der Waals surface area contributed by atoms with Gasteiger partial charge < -0.3 is 5.73 Å². The van der Waals surface area contributed by atoms with E-state index in [4.69, 9.17) is 10.6 Å². The molecule has 1 aromatic carbocycles. The molecule has 28 heavy (non-hydrogen) atoms. The quantitative estimate of drug-likeness (QED) is 0.784. The number of likely N-dealkylation sites (tertiary alicyclic amines) is 1. The summed E-state index contributed by atoms with van der Waals surface area (Å²) >= 11 is 0. The summed E-state index contributed by atoms with van der Waals surface area (Å²) in [6.07, 6.45) is -1.49. The summed E-state index contributed by atoms with van der Waals surface area (Å²) in [4.78, 5) is 28.0. The van der Waals surface area contributed by atoms with Gasteiger partial charge in [0.15, 0.2) is 0 Å². The minimum Gasteiger partial charge on any atom is -0.366 e. The summed E-state index contributed by atoms with van der Waals surface area (Å²) in [6.45, 7) is 2.60. The van der Waals surface area contributed by atoms with Crippen molar-refractivity contribution in [2.75, 3.05) is 19.6 Å². The van der Waals surface area contributed by atoms with E-state index >= 15 is 0 Å². The van der Waals surface area contributed by atoms with Crippen molar-refractivity contribution in [3.05, 3.63) is 30.0 Å². The van der Waals surface area contributed by atoms with Crippen molar-refractivity contribution in [3.63, 3.8) is 0 Å². The molecule has 10 heteroatoms. The van der Waals surface area contributed by atoms with Crippen molar-refractivity contribution in [3.8, 4) is 0 Å². The number of amides is 1. The molecule has 1 fully saturated rings.